The molecule has 5 nitrogen and oxygen atoms in total. The van der Waals surface area contributed by atoms with Gasteiger partial charge < -0.3 is 14.6 Å². The molecule has 1 aliphatic heterocycles. The molecule has 27 heavy (non-hydrogen) atoms. The molecule has 1 amide bonds. The maximum absolute atomic E-state index is 12.6. The first-order valence-electron chi connectivity index (χ1n) is 9.00. The smallest absolute Gasteiger partial charge is 0.349 e. The van der Waals surface area contributed by atoms with Gasteiger partial charge in [0, 0.05) is 24.2 Å². The molecule has 0 unspecified atom stereocenters. The van der Waals surface area contributed by atoms with Crippen LogP contribution in [0.5, 0.6) is 0 Å². The molecule has 1 N–H and O–H groups in total. The summed E-state index contributed by atoms with van der Waals surface area (Å²) in [6.45, 7) is 1.98. The van der Waals surface area contributed by atoms with Gasteiger partial charge in [-0.3, -0.25) is 4.79 Å². The van der Waals surface area contributed by atoms with E-state index in [-0.39, 0.29) is 5.56 Å². The lowest BCUT2D eigenvalue weighted by molar-refractivity contribution is 0.102. The number of rotatable bonds is 3. The van der Waals surface area contributed by atoms with Crippen molar-refractivity contribution in [3.63, 3.8) is 0 Å². The third kappa shape index (κ3) is 3.69. The minimum atomic E-state index is -0.665. The second-order valence-corrected chi connectivity index (χ2v) is 7.06. The highest BCUT2D eigenvalue weighted by Crippen LogP contribution is 2.31. The second kappa shape index (κ2) is 7.45. The summed E-state index contributed by atoms with van der Waals surface area (Å²) in [5, 5.41) is 4.01. The Kier molecular flexibility index (Phi) is 4.86. The Bertz CT molecular complexity index is 1050. The molecule has 0 bridgehead atoms. The summed E-state index contributed by atoms with van der Waals surface area (Å²) < 4.78 is 5.22. The van der Waals surface area contributed by atoms with Gasteiger partial charge in [0.05, 0.1) is 10.7 Å². The van der Waals surface area contributed by atoms with Crippen molar-refractivity contribution in [3.8, 4) is 0 Å². The molecule has 1 aliphatic rings. The van der Waals surface area contributed by atoms with E-state index in [0.717, 1.165) is 31.6 Å². The summed E-state index contributed by atoms with van der Waals surface area (Å²) in [5.41, 5.74) is 1.26. The highest BCUT2D eigenvalue weighted by molar-refractivity contribution is 6.33. The van der Waals surface area contributed by atoms with E-state index in [1.165, 1.54) is 6.42 Å². The number of hydrogen-bond donors (Lipinski definition) is 1. The number of piperidine rings is 1. The lowest BCUT2D eigenvalue weighted by Crippen LogP contribution is -2.29. The Labute approximate surface area is 161 Å². The zero-order valence-electron chi connectivity index (χ0n) is 14.7. The summed E-state index contributed by atoms with van der Waals surface area (Å²) in [5.74, 6) is -0.517. The molecular weight excluding hydrogens is 364 g/mol. The lowest BCUT2D eigenvalue weighted by atomic mass is 10.1. The van der Waals surface area contributed by atoms with Gasteiger partial charge in [-0.15, -0.1) is 0 Å². The molecule has 138 valence electrons. The van der Waals surface area contributed by atoms with Crippen LogP contribution in [0.2, 0.25) is 5.02 Å². The predicted octanol–water partition coefficient (Wildman–Crippen LogP) is 4.69. The number of benzene rings is 2. The monoisotopic (exact) mass is 382 g/mol. The molecule has 3 aromatic rings. The number of halogens is 1. The van der Waals surface area contributed by atoms with Gasteiger partial charge in [-0.05, 0) is 49.6 Å². The van der Waals surface area contributed by atoms with Crippen molar-refractivity contribution in [2.45, 2.75) is 19.3 Å². The molecule has 4 rings (SSSR count). The summed E-state index contributed by atoms with van der Waals surface area (Å²) in [6.07, 6.45) is 3.57. The van der Waals surface area contributed by atoms with Gasteiger partial charge in [0.15, 0.2) is 0 Å². The van der Waals surface area contributed by atoms with Gasteiger partial charge in [-0.25, -0.2) is 4.79 Å². The van der Waals surface area contributed by atoms with Crippen molar-refractivity contribution in [1.29, 1.82) is 0 Å². The lowest BCUT2D eigenvalue weighted by Gasteiger charge is -2.29. The molecule has 1 aromatic heterocycles. The van der Waals surface area contributed by atoms with Crippen LogP contribution in [0.3, 0.4) is 0 Å². The Hall–Kier alpha value is -2.79. The molecule has 0 atom stereocenters. The molecule has 1 fully saturated rings. The predicted molar refractivity (Wildman–Crippen MR) is 108 cm³/mol. The maximum atomic E-state index is 12.6. The normalized spacial score (nSPS) is 14.3. The minimum Gasteiger partial charge on any atom is -0.422 e. The van der Waals surface area contributed by atoms with E-state index >= 15 is 0 Å². The van der Waals surface area contributed by atoms with Crippen molar-refractivity contribution in [2.75, 3.05) is 23.3 Å². The topological polar surface area (TPSA) is 62.6 Å². The Balaban J connectivity index is 1.57. The molecule has 0 saturated carbocycles. The van der Waals surface area contributed by atoms with Crippen molar-refractivity contribution < 1.29 is 9.21 Å². The average Bonchev–Trinajstić information content (AvgIpc) is 2.68. The van der Waals surface area contributed by atoms with Crippen molar-refractivity contribution in [2.24, 2.45) is 0 Å². The van der Waals surface area contributed by atoms with Gasteiger partial charge in [0.2, 0.25) is 0 Å². The van der Waals surface area contributed by atoms with Gasteiger partial charge >= 0.3 is 5.63 Å². The van der Waals surface area contributed by atoms with E-state index in [9.17, 15) is 9.59 Å². The zero-order valence-corrected chi connectivity index (χ0v) is 15.5. The number of para-hydroxylation sites is 1. The number of amides is 1. The highest BCUT2D eigenvalue weighted by Gasteiger charge is 2.17. The Morgan fingerprint density at radius 3 is 2.59 bits per heavy atom. The largest absolute Gasteiger partial charge is 0.422 e. The molecule has 6 heteroatoms. The third-order valence-electron chi connectivity index (χ3n) is 4.79. The number of carbonyl (C=O) groups is 1. The van der Waals surface area contributed by atoms with E-state index < -0.39 is 11.5 Å². The number of anilines is 2. The fraction of sp³-hybridized carbons (Fsp3) is 0.238. The van der Waals surface area contributed by atoms with Crippen LogP contribution < -0.4 is 15.8 Å². The summed E-state index contributed by atoms with van der Waals surface area (Å²) in [4.78, 5) is 26.9. The maximum Gasteiger partial charge on any atom is 0.349 e. The number of fused-ring (bicyclic) bond motifs is 1. The van der Waals surface area contributed by atoms with E-state index in [2.05, 4.69) is 10.2 Å². The standard InChI is InChI=1S/C21H19ClN2O3/c22-17-13-15(8-9-18(17)24-10-4-1-5-11-24)23-20(25)16-12-14-6-2-3-7-19(14)27-21(16)26/h2-3,6-9,12-13H,1,4-5,10-11H2,(H,23,25). The van der Waals surface area contributed by atoms with Crippen molar-refractivity contribution in [1.82, 2.24) is 0 Å². The van der Waals surface area contributed by atoms with Crippen LogP contribution in [0.25, 0.3) is 11.0 Å². The number of nitrogens with zero attached hydrogens (tertiary/aromatic N) is 1. The fourth-order valence-corrected chi connectivity index (χ4v) is 3.69. The Morgan fingerprint density at radius 1 is 1.04 bits per heavy atom. The number of carbonyl (C=O) groups excluding carboxylic acids is 1. The minimum absolute atomic E-state index is 0.0371. The van der Waals surface area contributed by atoms with Crippen LogP contribution in [0.15, 0.2) is 57.7 Å². The van der Waals surface area contributed by atoms with E-state index in [0.29, 0.717) is 21.7 Å². The van der Waals surface area contributed by atoms with Gasteiger partial charge in [-0.2, -0.15) is 0 Å². The van der Waals surface area contributed by atoms with Crippen LogP contribution >= 0.6 is 11.6 Å². The van der Waals surface area contributed by atoms with Crippen LogP contribution in [0.4, 0.5) is 11.4 Å². The van der Waals surface area contributed by atoms with Gasteiger partial charge in [0.25, 0.3) is 5.91 Å². The first kappa shape index (κ1) is 17.6. The zero-order chi connectivity index (χ0) is 18.8. The second-order valence-electron chi connectivity index (χ2n) is 6.65. The number of hydrogen-bond acceptors (Lipinski definition) is 4. The molecule has 0 aliphatic carbocycles. The first-order chi connectivity index (χ1) is 13.1. The third-order valence-corrected chi connectivity index (χ3v) is 5.09. The number of nitrogens with one attached hydrogen (secondary N) is 1. The van der Waals surface area contributed by atoms with E-state index in [4.69, 9.17) is 16.0 Å². The molecular formula is C21H19ClN2O3. The van der Waals surface area contributed by atoms with E-state index in [1.54, 1.807) is 36.4 Å². The van der Waals surface area contributed by atoms with Crippen LogP contribution in [0, 0.1) is 0 Å². The SMILES string of the molecule is O=C(Nc1ccc(N2CCCCC2)c(Cl)c1)c1cc2ccccc2oc1=O. The van der Waals surface area contributed by atoms with Crippen molar-refractivity contribution >= 4 is 39.9 Å². The highest BCUT2D eigenvalue weighted by atomic mass is 35.5. The van der Waals surface area contributed by atoms with Gasteiger partial charge in [-0.1, -0.05) is 29.8 Å². The first-order valence-corrected chi connectivity index (χ1v) is 9.38. The van der Waals surface area contributed by atoms with Crippen LogP contribution in [-0.2, 0) is 0 Å². The summed E-state index contributed by atoms with van der Waals surface area (Å²) in [7, 11) is 0. The van der Waals surface area contributed by atoms with Crippen molar-refractivity contribution in [3.05, 3.63) is 69.5 Å². The summed E-state index contributed by atoms with van der Waals surface area (Å²) in [6, 6.07) is 14.0. The van der Waals surface area contributed by atoms with Crippen LogP contribution in [-0.4, -0.2) is 19.0 Å². The van der Waals surface area contributed by atoms with Crippen LogP contribution in [0.1, 0.15) is 29.6 Å². The average molecular weight is 383 g/mol. The fourth-order valence-electron chi connectivity index (χ4n) is 3.39. The van der Waals surface area contributed by atoms with Gasteiger partial charge in [0.1, 0.15) is 11.1 Å². The summed E-state index contributed by atoms with van der Waals surface area (Å²) >= 11 is 6.43. The molecule has 2 heterocycles. The molecule has 2 aromatic carbocycles. The van der Waals surface area contributed by atoms with E-state index in [1.807, 2.05) is 12.1 Å². The molecule has 0 radical (unpaired) electrons. The quantitative estimate of drug-likeness (QED) is 0.667. The molecule has 0 spiro atoms. The Morgan fingerprint density at radius 2 is 1.81 bits per heavy atom. The molecule has 1 saturated heterocycles.